The Kier molecular flexibility index (Phi) is 2.78. The molecule has 10 heavy (non-hydrogen) atoms. The topological polar surface area (TPSA) is 26.0 Å². The summed E-state index contributed by atoms with van der Waals surface area (Å²) in [6.07, 6.45) is 7.49. The molecule has 0 heterocycles. The zero-order valence-electron chi connectivity index (χ0n) is 6.60. The van der Waals surface area contributed by atoms with E-state index in [1.807, 2.05) is 0 Å². The monoisotopic (exact) mass is 137 g/mol. The molecule has 0 spiro atoms. The third-order valence-electron chi connectivity index (χ3n) is 2.51. The summed E-state index contributed by atoms with van der Waals surface area (Å²) in [5.41, 5.74) is 5.58. The lowest BCUT2D eigenvalue weighted by Crippen LogP contribution is -2.22. The molecule has 1 rings (SSSR count). The van der Waals surface area contributed by atoms with Crippen LogP contribution in [0.25, 0.3) is 0 Å². The minimum Gasteiger partial charge on any atom is -0.331 e. The van der Waals surface area contributed by atoms with Gasteiger partial charge < -0.3 is 5.73 Å². The Labute approximate surface area is 64.8 Å². The average Bonchev–Trinajstić information content (AvgIpc) is 2.15. The summed E-state index contributed by atoms with van der Waals surface area (Å²) in [6, 6.07) is 0. The van der Waals surface area contributed by atoms with Gasteiger partial charge in [-0.05, 0) is 6.54 Å². The molecule has 0 aromatic rings. The van der Waals surface area contributed by atoms with Crippen molar-refractivity contribution in [1.82, 2.24) is 0 Å². The normalized spacial score (nSPS) is 25.7. The van der Waals surface area contributed by atoms with Crippen LogP contribution in [0.4, 0.5) is 0 Å². The molecule has 0 aromatic carbocycles. The van der Waals surface area contributed by atoms with E-state index in [0.717, 1.165) is 12.8 Å². The molecule has 1 fully saturated rings. The molecule has 0 aromatic heterocycles. The van der Waals surface area contributed by atoms with E-state index < -0.39 is 0 Å². The first-order chi connectivity index (χ1) is 4.77. The van der Waals surface area contributed by atoms with Crippen LogP contribution in [0.5, 0.6) is 0 Å². The van der Waals surface area contributed by atoms with Crippen molar-refractivity contribution in [2.45, 2.75) is 43.8 Å². The van der Waals surface area contributed by atoms with Gasteiger partial charge in [0, 0.05) is 0 Å². The quantitative estimate of drug-likeness (QED) is 0.431. The first-order valence-corrected chi connectivity index (χ1v) is 4.26. The second kappa shape index (κ2) is 3.43. The van der Waals surface area contributed by atoms with Gasteiger partial charge in [-0.1, -0.05) is 43.8 Å². The summed E-state index contributed by atoms with van der Waals surface area (Å²) >= 11 is 0. The molecule has 56 valence electrons. The molecule has 2 N–H and O–H groups in total. The first-order valence-electron chi connectivity index (χ1n) is 4.26. The largest absolute Gasteiger partial charge is 0.331 e. The summed E-state index contributed by atoms with van der Waals surface area (Å²) in [4.78, 5) is 0. The van der Waals surface area contributed by atoms with Crippen molar-refractivity contribution in [3.05, 3.63) is 0 Å². The molecular formula is C8H16BN. The highest BCUT2D eigenvalue weighted by molar-refractivity contribution is 6.15. The predicted molar refractivity (Wildman–Crippen MR) is 45.2 cm³/mol. The van der Waals surface area contributed by atoms with Crippen LogP contribution in [0, 0.1) is 0 Å². The van der Waals surface area contributed by atoms with Crippen molar-refractivity contribution in [2.75, 3.05) is 6.54 Å². The third kappa shape index (κ3) is 2.01. The molecule has 1 nitrogen and oxygen atoms in total. The predicted octanol–water partition coefficient (Wildman–Crippen LogP) is 1.63. The smallest absolute Gasteiger partial charge is 0.0763 e. The van der Waals surface area contributed by atoms with E-state index >= 15 is 0 Å². The van der Waals surface area contributed by atoms with E-state index in [4.69, 9.17) is 13.6 Å². The lowest BCUT2D eigenvalue weighted by molar-refractivity contribution is 0.496. The van der Waals surface area contributed by atoms with Crippen molar-refractivity contribution in [3.63, 3.8) is 0 Å². The van der Waals surface area contributed by atoms with Gasteiger partial charge in [0.15, 0.2) is 0 Å². The molecule has 0 unspecified atom stereocenters. The summed E-state index contributed by atoms with van der Waals surface area (Å²) in [7, 11) is 6.03. The van der Waals surface area contributed by atoms with Gasteiger partial charge in [0.05, 0.1) is 7.85 Å². The van der Waals surface area contributed by atoms with Crippen molar-refractivity contribution < 1.29 is 0 Å². The van der Waals surface area contributed by atoms with E-state index in [-0.39, 0.29) is 5.31 Å². The van der Waals surface area contributed by atoms with Gasteiger partial charge in [-0.2, -0.15) is 0 Å². The van der Waals surface area contributed by atoms with Crippen LogP contribution in [0.15, 0.2) is 0 Å². The van der Waals surface area contributed by atoms with Gasteiger partial charge >= 0.3 is 0 Å². The highest BCUT2D eigenvalue weighted by Gasteiger charge is 2.22. The Morgan fingerprint density at radius 3 is 2.00 bits per heavy atom. The van der Waals surface area contributed by atoms with Crippen molar-refractivity contribution >= 4 is 7.85 Å². The number of hydrogen-bond acceptors (Lipinski definition) is 1. The Morgan fingerprint density at radius 2 is 1.60 bits per heavy atom. The highest BCUT2D eigenvalue weighted by atomic mass is 14.6. The van der Waals surface area contributed by atoms with E-state index in [1.54, 1.807) is 0 Å². The SMILES string of the molecule is [B]C1(CN)CCCCCC1. The highest BCUT2D eigenvalue weighted by Crippen LogP contribution is 2.36. The van der Waals surface area contributed by atoms with E-state index in [0.29, 0.717) is 6.54 Å². The van der Waals surface area contributed by atoms with Crippen LogP contribution >= 0.6 is 0 Å². The van der Waals surface area contributed by atoms with Crippen LogP contribution in [0.3, 0.4) is 0 Å². The summed E-state index contributed by atoms with van der Waals surface area (Å²) in [5, 5.41) is -0.0174. The van der Waals surface area contributed by atoms with Crippen LogP contribution in [-0.2, 0) is 0 Å². The molecule has 1 aliphatic rings. The molecule has 2 radical (unpaired) electrons. The lowest BCUT2D eigenvalue weighted by Gasteiger charge is -2.26. The minimum absolute atomic E-state index is 0.0174. The molecule has 1 aliphatic carbocycles. The fraction of sp³-hybridized carbons (Fsp3) is 1.00. The Morgan fingerprint density at radius 1 is 1.10 bits per heavy atom. The Bertz CT molecular complexity index is 95.4. The van der Waals surface area contributed by atoms with E-state index in [1.165, 1.54) is 25.7 Å². The Balaban J connectivity index is 2.41. The Hall–Kier alpha value is 0.0249. The first kappa shape index (κ1) is 8.12. The van der Waals surface area contributed by atoms with E-state index in [9.17, 15) is 0 Å². The van der Waals surface area contributed by atoms with Gasteiger partial charge in [-0.25, -0.2) is 0 Å². The van der Waals surface area contributed by atoms with Crippen LogP contribution < -0.4 is 5.73 Å². The molecule has 0 saturated heterocycles. The zero-order chi connectivity index (χ0) is 7.45. The maximum atomic E-state index is 6.03. The number of hydrogen-bond donors (Lipinski definition) is 1. The minimum atomic E-state index is -0.0174. The van der Waals surface area contributed by atoms with Gasteiger partial charge in [-0.3, -0.25) is 0 Å². The summed E-state index contributed by atoms with van der Waals surface area (Å²) in [6.45, 7) is 0.660. The maximum absolute atomic E-state index is 6.03. The van der Waals surface area contributed by atoms with E-state index in [2.05, 4.69) is 0 Å². The molecule has 0 atom stereocenters. The molecule has 2 heteroatoms. The molecular weight excluding hydrogens is 121 g/mol. The lowest BCUT2D eigenvalue weighted by atomic mass is 9.64. The van der Waals surface area contributed by atoms with Crippen LogP contribution in [-0.4, -0.2) is 14.4 Å². The van der Waals surface area contributed by atoms with Gasteiger partial charge in [0.25, 0.3) is 0 Å². The standard InChI is InChI=1S/C8H16BN/c9-8(7-10)5-3-1-2-4-6-8/h1-7,10H2. The second-order valence-electron chi connectivity index (χ2n) is 3.48. The van der Waals surface area contributed by atoms with Gasteiger partial charge in [-0.15, -0.1) is 0 Å². The summed E-state index contributed by atoms with van der Waals surface area (Å²) in [5.74, 6) is 0. The maximum Gasteiger partial charge on any atom is 0.0763 e. The molecule has 0 aliphatic heterocycles. The average molecular weight is 137 g/mol. The second-order valence-corrected chi connectivity index (χ2v) is 3.48. The third-order valence-corrected chi connectivity index (χ3v) is 2.51. The van der Waals surface area contributed by atoms with Crippen molar-refractivity contribution in [2.24, 2.45) is 5.73 Å². The van der Waals surface area contributed by atoms with Crippen molar-refractivity contribution in [3.8, 4) is 0 Å². The zero-order valence-corrected chi connectivity index (χ0v) is 6.60. The van der Waals surface area contributed by atoms with Crippen LogP contribution in [0.1, 0.15) is 38.5 Å². The number of rotatable bonds is 1. The molecule has 1 saturated carbocycles. The summed E-state index contributed by atoms with van der Waals surface area (Å²) < 4.78 is 0. The van der Waals surface area contributed by atoms with Gasteiger partial charge in [0.2, 0.25) is 0 Å². The fourth-order valence-corrected chi connectivity index (χ4v) is 1.64. The molecule has 0 bridgehead atoms. The van der Waals surface area contributed by atoms with Crippen LogP contribution in [0.2, 0.25) is 5.31 Å². The van der Waals surface area contributed by atoms with Gasteiger partial charge in [0.1, 0.15) is 0 Å². The fourth-order valence-electron chi connectivity index (χ4n) is 1.64. The number of nitrogens with two attached hydrogens (primary N) is 1. The van der Waals surface area contributed by atoms with Crippen molar-refractivity contribution in [1.29, 1.82) is 0 Å². The molecule has 0 amide bonds.